The van der Waals surface area contributed by atoms with Crippen LogP contribution in [0.5, 0.6) is 0 Å². The maximum Gasteiger partial charge on any atom is 0.335 e. The number of aromatic carboxylic acids is 1. The monoisotopic (exact) mass is 509 g/mol. The van der Waals surface area contributed by atoms with Gasteiger partial charge in [0.25, 0.3) is 0 Å². The van der Waals surface area contributed by atoms with Crippen molar-refractivity contribution < 1.29 is 18.3 Å². The quantitative estimate of drug-likeness (QED) is 0.296. The standard InChI is InChI=1S/C24H23N5O4S2/c1-14(2)19-10-9-18-22(27-19)25-13-26-23(18)28-20-12-15(24(30)31)4-11-21(20)34-17-7-5-16(6-8-17)29-35(3,32)33/h4-14,29H,1-3H3,(H,30,31)(H,25,26,27,28). The number of benzene rings is 2. The molecule has 0 unspecified atom stereocenters. The van der Waals surface area contributed by atoms with E-state index in [4.69, 9.17) is 0 Å². The Morgan fingerprint density at radius 2 is 1.77 bits per heavy atom. The van der Waals surface area contributed by atoms with E-state index in [9.17, 15) is 18.3 Å². The summed E-state index contributed by atoms with van der Waals surface area (Å²) in [6.07, 6.45) is 2.51. The summed E-state index contributed by atoms with van der Waals surface area (Å²) in [7, 11) is -3.37. The van der Waals surface area contributed by atoms with Gasteiger partial charge in [-0.15, -0.1) is 0 Å². The lowest BCUT2D eigenvalue weighted by Gasteiger charge is -2.14. The van der Waals surface area contributed by atoms with Gasteiger partial charge in [-0.25, -0.2) is 28.2 Å². The van der Waals surface area contributed by atoms with Crippen molar-refractivity contribution in [2.24, 2.45) is 0 Å². The summed E-state index contributed by atoms with van der Waals surface area (Å²) in [5, 5.41) is 13.5. The molecule has 0 aliphatic carbocycles. The molecule has 0 saturated carbocycles. The van der Waals surface area contributed by atoms with Crippen LogP contribution in [0.1, 0.15) is 35.8 Å². The largest absolute Gasteiger partial charge is 0.478 e. The molecule has 0 saturated heterocycles. The van der Waals surface area contributed by atoms with Crippen molar-refractivity contribution in [3.63, 3.8) is 0 Å². The van der Waals surface area contributed by atoms with E-state index in [1.165, 1.54) is 24.2 Å². The molecule has 11 heteroatoms. The summed E-state index contributed by atoms with van der Waals surface area (Å²) < 4.78 is 25.3. The molecule has 3 N–H and O–H groups in total. The lowest BCUT2D eigenvalue weighted by atomic mass is 10.1. The first-order valence-electron chi connectivity index (χ1n) is 10.6. The smallest absolute Gasteiger partial charge is 0.335 e. The second-order valence-corrected chi connectivity index (χ2v) is 11.0. The highest BCUT2D eigenvalue weighted by molar-refractivity contribution is 7.99. The number of carbonyl (C=O) groups is 1. The van der Waals surface area contributed by atoms with Crippen molar-refractivity contribution in [2.75, 3.05) is 16.3 Å². The number of pyridine rings is 1. The van der Waals surface area contributed by atoms with Gasteiger partial charge in [-0.2, -0.15) is 0 Å². The Hall–Kier alpha value is -3.70. The van der Waals surface area contributed by atoms with Crippen molar-refractivity contribution in [3.8, 4) is 0 Å². The lowest BCUT2D eigenvalue weighted by molar-refractivity contribution is 0.0697. The van der Waals surface area contributed by atoms with Crippen LogP contribution in [0.25, 0.3) is 11.0 Å². The number of carboxylic acids is 1. The number of nitrogens with one attached hydrogen (secondary N) is 2. The Bertz CT molecular complexity index is 1510. The van der Waals surface area contributed by atoms with E-state index in [2.05, 4.69) is 38.8 Å². The minimum Gasteiger partial charge on any atom is -0.478 e. The van der Waals surface area contributed by atoms with Crippen molar-refractivity contribution >= 4 is 56.0 Å². The minimum atomic E-state index is -3.37. The maximum absolute atomic E-state index is 11.6. The molecule has 0 atom stereocenters. The Morgan fingerprint density at radius 3 is 2.43 bits per heavy atom. The Kier molecular flexibility index (Phi) is 6.90. The molecule has 2 aromatic carbocycles. The van der Waals surface area contributed by atoms with Gasteiger partial charge in [-0.3, -0.25) is 4.72 Å². The van der Waals surface area contributed by atoms with Crippen LogP contribution in [0.15, 0.2) is 70.7 Å². The summed E-state index contributed by atoms with van der Waals surface area (Å²) in [5.74, 6) is -0.286. The van der Waals surface area contributed by atoms with Gasteiger partial charge in [0, 0.05) is 21.2 Å². The molecule has 9 nitrogen and oxygen atoms in total. The van der Waals surface area contributed by atoms with Crippen molar-refractivity contribution in [1.82, 2.24) is 15.0 Å². The number of sulfonamides is 1. The minimum absolute atomic E-state index is 0.128. The van der Waals surface area contributed by atoms with Gasteiger partial charge in [-0.05, 0) is 60.5 Å². The average Bonchev–Trinajstić information content (AvgIpc) is 2.80. The summed E-state index contributed by atoms with van der Waals surface area (Å²) in [5.41, 5.74) is 2.60. The number of rotatable bonds is 8. The topological polar surface area (TPSA) is 134 Å². The zero-order chi connectivity index (χ0) is 25.2. The maximum atomic E-state index is 11.6. The van der Waals surface area contributed by atoms with Gasteiger partial charge in [0.05, 0.1) is 22.9 Å². The molecule has 35 heavy (non-hydrogen) atoms. The Balaban J connectivity index is 1.68. The van der Waals surface area contributed by atoms with Crippen molar-refractivity contribution in [1.29, 1.82) is 0 Å². The average molecular weight is 510 g/mol. The highest BCUT2D eigenvalue weighted by Gasteiger charge is 2.14. The fourth-order valence-electron chi connectivity index (χ4n) is 3.29. The van der Waals surface area contributed by atoms with Crippen molar-refractivity contribution in [2.45, 2.75) is 29.6 Å². The van der Waals surface area contributed by atoms with Gasteiger partial charge < -0.3 is 10.4 Å². The SMILES string of the molecule is CC(C)c1ccc2c(Nc3cc(C(=O)O)ccc3Sc3ccc(NS(C)(=O)=O)cc3)ncnc2n1. The van der Waals surface area contributed by atoms with Gasteiger partial charge in [0.15, 0.2) is 5.65 Å². The van der Waals surface area contributed by atoms with Gasteiger partial charge in [-0.1, -0.05) is 25.6 Å². The third-order valence-electron chi connectivity index (χ3n) is 4.98. The number of fused-ring (bicyclic) bond motifs is 1. The molecule has 0 bridgehead atoms. The second kappa shape index (κ2) is 9.88. The highest BCUT2D eigenvalue weighted by Crippen LogP contribution is 2.37. The van der Waals surface area contributed by atoms with E-state index in [0.29, 0.717) is 28.2 Å². The van der Waals surface area contributed by atoms with Gasteiger partial charge in [0.2, 0.25) is 10.0 Å². The van der Waals surface area contributed by atoms with Crippen LogP contribution in [0.2, 0.25) is 0 Å². The Morgan fingerprint density at radius 1 is 1.03 bits per heavy atom. The number of aromatic nitrogens is 3. The van der Waals surface area contributed by atoms with Crippen molar-refractivity contribution in [3.05, 3.63) is 72.2 Å². The summed E-state index contributed by atoms with van der Waals surface area (Å²) in [6, 6.07) is 15.5. The zero-order valence-corrected chi connectivity index (χ0v) is 20.8. The number of nitrogens with zero attached hydrogens (tertiary/aromatic N) is 3. The third kappa shape index (κ3) is 6.06. The zero-order valence-electron chi connectivity index (χ0n) is 19.2. The van der Waals surface area contributed by atoms with Crippen LogP contribution < -0.4 is 10.0 Å². The van der Waals surface area contributed by atoms with Crippen LogP contribution >= 0.6 is 11.8 Å². The first kappa shape index (κ1) is 24.4. The molecule has 0 radical (unpaired) electrons. The van der Waals surface area contributed by atoms with Gasteiger partial charge >= 0.3 is 5.97 Å². The molecule has 0 fully saturated rings. The van der Waals surface area contributed by atoms with Crippen LogP contribution in [0.4, 0.5) is 17.2 Å². The fraction of sp³-hybridized carbons (Fsp3) is 0.167. The lowest BCUT2D eigenvalue weighted by Crippen LogP contribution is -2.09. The summed E-state index contributed by atoms with van der Waals surface area (Å²) in [4.78, 5) is 26.5. The first-order valence-corrected chi connectivity index (χ1v) is 13.3. The molecule has 0 aliphatic heterocycles. The van der Waals surface area contributed by atoms with E-state index in [1.54, 1.807) is 36.4 Å². The highest BCUT2D eigenvalue weighted by atomic mass is 32.2. The van der Waals surface area contributed by atoms with E-state index in [0.717, 1.165) is 21.7 Å². The Labute approximate surface area is 207 Å². The molecule has 4 aromatic rings. The second-order valence-electron chi connectivity index (χ2n) is 8.13. The van der Waals surface area contributed by atoms with E-state index in [1.807, 2.05) is 12.1 Å². The molecule has 0 amide bonds. The number of carboxylic acid groups (broad SMARTS) is 1. The number of hydrogen-bond acceptors (Lipinski definition) is 8. The molecular formula is C24H23N5O4S2. The number of hydrogen-bond donors (Lipinski definition) is 3. The predicted molar refractivity (Wildman–Crippen MR) is 137 cm³/mol. The van der Waals surface area contributed by atoms with E-state index >= 15 is 0 Å². The molecule has 4 rings (SSSR count). The molecular weight excluding hydrogens is 486 g/mol. The molecule has 0 aliphatic rings. The van der Waals surface area contributed by atoms with E-state index < -0.39 is 16.0 Å². The summed E-state index contributed by atoms with van der Waals surface area (Å²) in [6.45, 7) is 4.11. The van der Waals surface area contributed by atoms with E-state index in [-0.39, 0.29) is 11.5 Å². The number of anilines is 3. The fourth-order valence-corrected chi connectivity index (χ4v) is 4.73. The molecule has 2 heterocycles. The van der Waals surface area contributed by atoms with Crippen LogP contribution in [0.3, 0.4) is 0 Å². The first-order chi connectivity index (χ1) is 16.6. The summed E-state index contributed by atoms with van der Waals surface area (Å²) >= 11 is 1.40. The third-order valence-corrected chi connectivity index (χ3v) is 6.67. The van der Waals surface area contributed by atoms with Crippen LogP contribution in [-0.2, 0) is 10.0 Å². The van der Waals surface area contributed by atoms with Crippen LogP contribution in [-0.4, -0.2) is 40.7 Å². The predicted octanol–water partition coefficient (Wildman–Crippen LogP) is 5.11. The van der Waals surface area contributed by atoms with Gasteiger partial charge in [0.1, 0.15) is 12.1 Å². The molecule has 2 aromatic heterocycles. The molecule has 0 spiro atoms. The molecule has 180 valence electrons. The van der Waals surface area contributed by atoms with Crippen LogP contribution in [0, 0.1) is 0 Å². The normalized spacial score (nSPS) is 11.5.